The summed E-state index contributed by atoms with van der Waals surface area (Å²) in [4.78, 5) is 0. The fraction of sp³-hybridized carbons (Fsp3) is 0.157. The third kappa shape index (κ3) is 16.7. The Hall–Kier alpha value is -10.1. The van der Waals surface area contributed by atoms with E-state index in [4.69, 9.17) is 8.83 Å². The summed E-state index contributed by atoms with van der Waals surface area (Å²) in [6.07, 6.45) is 18.9. The zero-order valence-corrected chi connectivity index (χ0v) is 74.1. The second kappa shape index (κ2) is 36.0. The van der Waals surface area contributed by atoms with E-state index in [0.29, 0.717) is 29.6 Å². The van der Waals surface area contributed by atoms with Gasteiger partial charge in [-0.25, -0.2) is 0 Å². The van der Waals surface area contributed by atoms with Gasteiger partial charge >= 0.3 is 51.4 Å². The van der Waals surface area contributed by atoms with Crippen molar-refractivity contribution in [2.24, 2.45) is 0 Å². The molecular formula is C102H95KN7O2PSiV+2. The quantitative estimate of drug-likeness (QED) is 0.0524. The van der Waals surface area contributed by atoms with Crippen LogP contribution in [0.2, 0.25) is 0 Å². The Kier molecular flexibility index (Phi) is 25.9. The van der Waals surface area contributed by atoms with Gasteiger partial charge in [0.05, 0.1) is 16.5 Å². The number of para-hydroxylation sites is 4. The van der Waals surface area contributed by atoms with Gasteiger partial charge < -0.3 is 23.3 Å². The van der Waals surface area contributed by atoms with Crippen LogP contribution in [0.3, 0.4) is 0 Å². The monoisotopic (exact) mass is 1600 g/mol. The van der Waals surface area contributed by atoms with Gasteiger partial charge in [0.25, 0.3) is 0 Å². The molecule has 9 nitrogen and oxygen atoms in total. The number of hydrogen-bond donors (Lipinski definition) is 0. The van der Waals surface area contributed by atoms with Gasteiger partial charge in [0.1, 0.15) is 0 Å². The Morgan fingerprint density at radius 2 is 0.765 bits per heavy atom. The van der Waals surface area contributed by atoms with Crippen molar-refractivity contribution < 1.29 is 78.8 Å². The standard InChI is InChI=1S/C30H30N4O2.C30H22N2.C26H24Si.C16H17N.K.H2P.V/c1-29(2,3)23-14-10-19(11-15-23)25-31-33-27(35-25)21-8-7-9-22(18-21)28-34-32-26(36-28)20-12-16-24(17-13-20)30(4,5)6;1-5-16-27-23(12-1)24-13-2-6-17-28(24)31(27)21-10-9-11-22(20-21)32-29-18-7-3-14-25(29)26-15-4-8-19-30(26)32;1-21-13-9-11-19-25(21)27(23-15-5-3-6-16-23,24-17-7-4-8-18-24)26-20-12-10-14-22(26)2;1-3-12(2)17-15-10-6-4-8-13(15)14-9-5-7-11-16(14)17;;;/h7-18H,1-6H3;1-20,27,29H;3-20H,1-2H3;4-12H,3H2,1-2H3;;1H2;/q;+2;;;+1;-1;. The van der Waals surface area contributed by atoms with Gasteiger partial charge in [-0.2, -0.15) is 9.15 Å². The van der Waals surface area contributed by atoms with Crippen molar-refractivity contribution in [2.75, 3.05) is 0 Å². The topological polar surface area (TPSA) is 88.8 Å². The third-order valence-corrected chi connectivity index (χ3v) is 27.4. The van der Waals surface area contributed by atoms with E-state index in [1.807, 2.05) is 48.5 Å². The van der Waals surface area contributed by atoms with Gasteiger partial charge in [0, 0.05) is 104 Å². The molecule has 4 aliphatic rings. The maximum atomic E-state index is 6.00. The van der Waals surface area contributed by atoms with E-state index in [1.165, 1.54) is 108 Å². The molecule has 2 aliphatic carbocycles. The first kappa shape index (κ1) is 82.9. The summed E-state index contributed by atoms with van der Waals surface area (Å²) in [5.74, 6) is 1.83. The molecule has 115 heavy (non-hydrogen) atoms. The molecule has 563 valence electrons. The number of allylic oxidation sites excluding steroid dienone is 4. The SMILES string of the molecule is C1=CC2=c3ccccc3=[N+](c3cccc([N+]4=c5ccccc5=C5C=CC=CC54)c3)C2C=C1.CC(C)(C)c1ccc(-c2nnc(-c3cccc(-c4nnc(-c5ccc(C(C)(C)C)cc5)o4)c3)o2)cc1.CCC(C)n1c2ccccc2c2ccccc21.Cc1ccccc1[Si](c1ccccc1)(c1ccccc1)c1ccccc1C.[K+].[PH2-].[V]. The molecule has 1 radical (unpaired) electrons. The number of hydrogen-bond acceptors (Lipinski definition) is 6. The first-order chi connectivity index (χ1) is 54.5. The molecule has 0 bridgehead atoms. The molecule has 0 spiro atoms. The molecule has 12 aromatic carbocycles. The molecule has 13 heteroatoms. The van der Waals surface area contributed by atoms with Crippen LogP contribution in [0.25, 0.3) is 78.8 Å². The molecule has 0 saturated carbocycles. The molecule has 19 rings (SSSR count). The smallest absolute Gasteiger partial charge is 0.577 e. The molecule has 0 fully saturated rings. The van der Waals surface area contributed by atoms with Crippen LogP contribution in [0.1, 0.15) is 90.1 Å². The van der Waals surface area contributed by atoms with Gasteiger partial charge in [0.2, 0.25) is 57.7 Å². The number of nitrogens with zero attached hydrogens (tertiary/aromatic N) is 7. The second-order valence-electron chi connectivity index (χ2n) is 31.4. The van der Waals surface area contributed by atoms with Crippen molar-refractivity contribution in [1.29, 1.82) is 0 Å². The van der Waals surface area contributed by atoms with Crippen LogP contribution in [-0.4, -0.2) is 45.1 Å². The molecule has 15 aromatic rings. The molecule has 0 saturated heterocycles. The predicted octanol–water partition coefficient (Wildman–Crippen LogP) is 16.1. The molecular weight excluding hydrogens is 1500 g/mol. The largest absolute Gasteiger partial charge is 1.00 e. The number of benzene rings is 12. The zero-order chi connectivity index (χ0) is 77.1. The maximum Gasteiger partial charge on any atom is 1.00 e. The van der Waals surface area contributed by atoms with Gasteiger partial charge in [-0.15, -0.1) is 20.4 Å². The Labute approximate surface area is 734 Å². The van der Waals surface area contributed by atoms with Crippen molar-refractivity contribution in [3.8, 4) is 45.8 Å². The molecule has 3 aromatic heterocycles. The van der Waals surface area contributed by atoms with E-state index in [1.54, 1.807) is 0 Å². The third-order valence-electron chi connectivity index (χ3n) is 22.3. The van der Waals surface area contributed by atoms with E-state index in [2.05, 4.69) is 407 Å². The minimum Gasteiger partial charge on any atom is -0.577 e. The maximum absolute atomic E-state index is 6.00. The molecule has 5 heterocycles. The van der Waals surface area contributed by atoms with Gasteiger partial charge in [-0.1, -0.05) is 296 Å². The summed E-state index contributed by atoms with van der Waals surface area (Å²) >= 11 is 0. The average molecular weight is 1600 g/mol. The molecule has 3 unspecified atom stereocenters. The normalized spacial score (nSPS) is 14.5. The number of fused-ring (bicyclic) bond motifs is 7. The minimum atomic E-state index is -2.39. The molecule has 2 aliphatic heterocycles. The van der Waals surface area contributed by atoms with Crippen LogP contribution in [0.15, 0.2) is 361 Å². The molecule has 3 atom stereocenters. The predicted molar refractivity (Wildman–Crippen MR) is 476 cm³/mol. The summed E-state index contributed by atoms with van der Waals surface area (Å²) < 4.78 is 19.4. The minimum absolute atomic E-state index is 0. The van der Waals surface area contributed by atoms with Crippen molar-refractivity contribution >= 4 is 83.0 Å². The fourth-order valence-electron chi connectivity index (χ4n) is 16.4. The van der Waals surface area contributed by atoms with Crippen LogP contribution in [0.4, 0.5) is 11.4 Å². The Balaban J connectivity index is 0.000000136. The first-order valence-electron chi connectivity index (χ1n) is 39.1. The van der Waals surface area contributed by atoms with Crippen LogP contribution < -0.4 is 102 Å². The summed E-state index contributed by atoms with van der Waals surface area (Å²) in [5, 5.41) is 30.8. The number of aromatic nitrogens is 5. The van der Waals surface area contributed by atoms with Gasteiger partial charge in [-0.3, -0.25) is 0 Å². The van der Waals surface area contributed by atoms with Gasteiger partial charge in [-0.05, 0) is 155 Å². The van der Waals surface area contributed by atoms with Crippen LogP contribution in [0, 0.1) is 13.8 Å². The fourth-order valence-corrected chi connectivity index (χ4v) is 21.7. The number of aryl methyl sites for hydroxylation is 2. The Morgan fingerprint density at radius 3 is 1.17 bits per heavy atom. The van der Waals surface area contributed by atoms with Gasteiger partial charge in [0.15, 0.2) is 8.07 Å². The summed E-state index contributed by atoms with van der Waals surface area (Å²) in [7, 11) is -2.39. The summed E-state index contributed by atoms with van der Waals surface area (Å²) in [6.45, 7) is 22.2. The van der Waals surface area contributed by atoms with E-state index >= 15 is 0 Å². The van der Waals surface area contributed by atoms with E-state index in [0.717, 1.165) is 28.7 Å². The first-order valence-corrected chi connectivity index (χ1v) is 41.1. The van der Waals surface area contributed by atoms with Crippen LogP contribution in [0.5, 0.6) is 0 Å². The summed E-state index contributed by atoms with van der Waals surface area (Å²) in [5.41, 5.74) is 16.6. The average Bonchev–Trinajstić information content (AvgIpc) is 1.34. The zero-order valence-electron chi connectivity index (χ0n) is 67.4. The number of rotatable bonds is 12. The van der Waals surface area contributed by atoms with Crippen molar-refractivity contribution in [3.63, 3.8) is 0 Å². The Morgan fingerprint density at radius 1 is 0.400 bits per heavy atom. The van der Waals surface area contributed by atoms with Crippen LogP contribution >= 0.6 is 9.90 Å². The van der Waals surface area contributed by atoms with E-state index in [9.17, 15) is 0 Å². The van der Waals surface area contributed by atoms with Crippen molar-refractivity contribution in [1.82, 2.24) is 34.1 Å². The summed E-state index contributed by atoms with van der Waals surface area (Å²) in [6, 6.07) is 109. The van der Waals surface area contributed by atoms with E-state index < -0.39 is 8.07 Å². The second-order valence-corrected chi connectivity index (χ2v) is 35.1. The van der Waals surface area contributed by atoms with Crippen molar-refractivity contribution in [3.05, 3.63) is 395 Å². The van der Waals surface area contributed by atoms with E-state index in [-0.39, 0.29) is 103 Å². The molecule has 0 amide bonds. The van der Waals surface area contributed by atoms with Crippen molar-refractivity contribution in [2.45, 2.75) is 105 Å². The van der Waals surface area contributed by atoms with Crippen LogP contribution in [-0.2, 0) is 29.4 Å². The molecule has 0 N–H and O–H groups in total. The Bertz CT molecular complexity index is 6040.